The summed E-state index contributed by atoms with van der Waals surface area (Å²) >= 11 is 5.85. The summed E-state index contributed by atoms with van der Waals surface area (Å²) in [6.45, 7) is 1.38. The van der Waals surface area contributed by atoms with E-state index in [0.29, 0.717) is 17.3 Å². The number of benzene rings is 2. The standard InChI is InChI=1S/C15H15ClN2O3S/c1-18-7-8-21-15-6-5-12(10-14(15)18)17-22(19,20)13-4-2-3-11(16)9-13/h2-6,9-10,17H,7-8H2,1H3. The molecule has 2 aromatic rings. The molecule has 0 aliphatic carbocycles. The lowest BCUT2D eigenvalue weighted by Crippen LogP contribution is -2.28. The molecule has 1 aliphatic rings. The first-order valence-corrected chi connectivity index (χ1v) is 8.58. The summed E-state index contributed by atoms with van der Waals surface area (Å²) in [7, 11) is -1.73. The zero-order chi connectivity index (χ0) is 15.7. The molecule has 0 unspecified atom stereocenters. The van der Waals surface area contributed by atoms with Gasteiger partial charge in [0, 0.05) is 12.1 Å². The minimum absolute atomic E-state index is 0.127. The predicted octanol–water partition coefficient (Wildman–Crippen LogP) is 2.97. The molecule has 7 heteroatoms. The first-order valence-electron chi connectivity index (χ1n) is 6.72. The topological polar surface area (TPSA) is 58.6 Å². The van der Waals surface area contributed by atoms with Gasteiger partial charge in [0.2, 0.25) is 0 Å². The van der Waals surface area contributed by atoms with Gasteiger partial charge in [0.25, 0.3) is 10.0 Å². The highest BCUT2D eigenvalue weighted by atomic mass is 35.5. The zero-order valence-electron chi connectivity index (χ0n) is 11.9. The maximum absolute atomic E-state index is 12.4. The van der Waals surface area contributed by atoms with Crippen LogP contribution in [0, 0.1) is 0 Å². The third-order valence-corrected chi connectivity index (χ3v) is 5.03. The molecule has 0 saturated carbocycles. The summed E-state index contributed by atoms with van der Waals surface area (Å²) in [5.41, 5.74) is 1.34. The highest BCUT2D eigenvalue weighted by Gasteiger charge is 2.18. The molecule has 0 fully saturated rings. The van der Waals surface area contributed by atoms with E-state index in [0.717, 1.165) is 18.0 Å². The van der Waals surface area contributed by atoms with Crippen molar-refractivity contribution in [3.63, 3.8) is 0 Å². The molecule has 0 spiro atoms. The molecule has 5 nitrogen and oxygen atoms in total. The van der Waals surface area contributed by atoms with Gasteiger partial charge in [0.1, 0.15) is 12.4 Å². The Morgan fingerprint density at radius 3 is 2.82 bits per heavy atom. The fourth-order valence-corrected chi connectivity index (χ4v) is 3.61. The number of rotatable bonds is 3. The molecular formula is C15H15ClN2O3S. The van der Waals surface area contributed by atoms with E-state index in [1.165, 1.54) is 12.1 Å². The van der Waals surface area contributed by atoms with Crippen molar-refractivity contribution in [1.29, 1.82) is 0 Å². The van der Waals surface area contributed by atoms with E-state index < -0.39 is 10.0 Å². The lowest BCUT2D eigenvalue weighted by atomic mass is 10.2. The fraction of sp³-hybridized carbons (Fsp3) is 0.200. The van der Waals surface area contributed by atoms with Crippen LogP contribution in [0.4, 0.5) is 11.4 Å². The van der Waals surface area contributed by atoms with Crippen molar-refractivity contribution in [2.24, 2.45) is 0 Å². The summed E-state index contributed by atoms with van der Waals surface area (Å²) < 4.78 is 32.9. The number of sulfonamides is 1. The van der Waals surface area contributed by atoms with Crippen LogP contribution in [-0.4, -0.2) is 28.6 Å². The fourth-order valence-electron chi connectivity index (χ4n) is 2.26. The van der Waals surface area contributed by atoms with Crippen LogP contribution < -0.4 is 14.4 Å². The van der Waals surface area contributed by atoms with Crippen LogP contribution in [-0.2, 0) is 10.0 Å². The molecule has 22 heavy (non-hydrogen) atoms. The molecule has 116 valence electrons. The number of nitrogens with zero attached hydrogens (tertiary/aromatic N) is 1. The highest BCUT2D eigenvalue weighted by molar-refractivity contribution is 7.92. The van der Waals surface area contributed by atoms with Gasteiger partial charge >= 0.3 is 0 Å². The van der Waals surface area contributed by atoms with Crippen molar-refractivity contribution in [1.82, 2.24) is 0 Å². The van der Waals surface area contributed by atoms with Gasteiger partial charge in [-0.3, -0.25) is 4.72 Å². The summed E-state index contributed by atoms with van der Waals surface area (Å²) in [4.78, 5) is 2.15. The van der Waals surface area contributed by atoms with Gasteiger partial charge in [-0.2, -0.15) is 0 Å². The molecule has 0 amide bonds. The maximum Gasteiger partial charge on any atom is 0.261 e. The summed E-state index contributed by atoms with van der Waals surface area (Å²) in [5.74, 6) is 0.749. The molecule has 3 rings (SSSR count). The van der Waals surface area contributed by atoms with Gasteiger partial charge in [-0.05, 0) is 36.4 Å². The minimum Gasteiger partial charge on any atom is -0.490 e. The molecule has 0 atom stereocenters. The predicted molar refractivity (Wildman–Crippen MR) is 87.5 cm³/mol. The maximum atomic E-state index is 12.4. The Bertz CT molecular complexity index is 808. The lowest BCUT2D eigenvalue weighted by molar-refractivity contribution is 0.311. The van der Waals surface area contributed by atoms with Crippen LogP contribution in [0.1, 0.15) is 0 Å². The Labute approximate surface area is 134 Å². The van der Waals surface area contributed by atoms with Crippen LogP contribution in [0.3, 0.4) is 0 Å². The second-order valence-electron chi connectivity index (χ2n) is 5.02. The molecule has 2 aromatic carbocycles. The first kappa shape index (κ1) is 15.0. The molecule has 1 N–H and O–H groups in total. The van der Waals surface area contributed by atoms with Gasteiger partial charge in [0.05, 0.1) is 22.8 Å². The molecular weight excluding hydrogens is 324 g/mol. The van der Waals surface area contributed by atoms with E-state index in [1.807, 2.05) is 11.9 Å². The van der Waals surface area contributed by atoms with E-state index in [2.05, 4.69) is 4.72 Å². The van der Waals surface area contributed by atoms with Crippen molar-refractivity contribution in [2.45, 2.75) is 4.90 Å². The van der Waals surface area contributed by atoms with E-state index >= 15 is 0 Å². The molecule has 0 saturated heterocycles. The molecule has 0 radical (unpaired) electrons. The average Bonchev–Trinajstić information content (AvgIpc) is 2.48. The van der Waals surface area contributed by atoms with E-state index in [1.54, 1.807) is 30.3 Å². The Hall–Kier alpha value is -1.92. The smallest absolute Gasteiger partial charge is 0.261 e. The molecule has 1 heterocycles. The lowest BCUT2D eigenvalue weighted by Gasteiger charge is -2.28. The van der Waals surface area contributed by atoms with Crippen LogP contribution in [0.15, 0.2) is 47.4 Å². The van der Waals surface area contributed by atoms with Crippen LogP contribution in [0.2, 0.25) is 5.02 Å². The Morgan fingerprint density at radius 1 is 1.23 bits per heavy atom. The largest absolute Gasteiger partial charge is 0.490 e. The van der Waals surface area contributed by atoms with Gasteiger partial charge in [-0.15, -0.1) is 0 Å². The Morgan fingerprint density at radius 2 is 2.05 bits per heavy atom. The molecule has 0 aromatic heterocycles. The van der Waals surface area contributed by atoms with E-state index in [9.17, 15) is 8.42 Å². The number of anilines is 2. The Balaban J connectivity index is 1.91. The number of fused-ring (bicyclic) bond motifs is 1. The number of nitrogens with one attached hydrogen (secondary N) is 1. The van der Waals surface area contributed by atoms with Crippen molar-refractivity contribution in [3.8, 4) is 5.75 Å². The minimum atomic E-state index is -3.67. The molecule has 1 aliphatic heterocycles. The van der Waals surface area contributed by atoms with Gasteiger partial charge in [-0.1, -0.05) is 17.7 Å². The average molecular weight is 339 g/mol. The number of ether oxygens (including phenoxy) is 1. The number of likely N-dealkylation sites (N-methyl/N-ethyl adjacent to an activating group) is 1. The number of hydrogen-bond donors (Lipinski definition) is 1. The number of hydrogen-bond acceptors (Lipinski definition) is 4. The third-order valence-electron chi connectivity index (χ3n) is 3.41. The molecule has 0 bridgehead atoms. The van der Waals surface area contributed by atoms with E-state index in [4.69, 9.17) is 16.3 Å². The second kappa shape index (κ2) is 5.70. The van der Waals surface area contributed by atoms with Gasteiger partial charge in [-0.25, -0.2) is 8.42 Å². The summed E-state index contributed by atoms with van der Waals surface area (Å²) in [5, 5.41) is 0.376. The van der Waals surface area contributed by atoms with Crippen molar-refractivity contribution in [2.75, 3.05) is 29.8 Å². The summed E-state index contributed by atoms with van der Waals surface area (Å²) in [6, 6.07) is 11.4. The quantitative estimate of drug-likeness (QED) is 0.934. The monoisotopic (exact) mass is 338 g/mol. The number of halogens is 1. The van der Waals surface area contributed by atoms with Gasteiger partial charge < -0.3 is 9.64 Å². The summed E-state index contributed by atoms with van der Waals surface area (Å²) in [6.07, 6.45) is 0. The highest BCUT2D eigenvalue weighted by Crippen LogP contribution is 2.33. The third kappa shape index (κ3) is 2.98. The van der Waals surface area contributed by atoms with Crippen LogP contribution in [0.25, 0.3) is 0 Å². The van der Waals surface area contributed by atoms with Crippen molar-refractivity contribution in [3.05, 3.63) is 47.5 Å². The van der Waals surface area contributed by atoms with E-state index in [-0.39, 0.29) is 4.90 Å². The van der Waals surface area contributed by atoms with Gasteiger partial charge in [0.15, 0.2) is 0 Å². The first-order chi connectivity index (χ1) is 10.5. The van der Waals surface area contributed by atoms with Crippen molar-refractivity contribution < 1.29 is 13.2 Å². The second-order valence-corrected chi connectivity index (χ2v) is 7.13. The Kier molecular flexibility index (Phi) is 3.88. The SMILES string of the molecule is CN1CCOc2ccc(NS(=O)(=O)c3cccc(Cl)c3)cc21. The van der Waals surface area contributed by atoms with Crippen LogP contribution in [0.5, 0.6) is 5.75 Å². The van der Waals surface area contributed by atoms with Crippen LogP contribution >= 0.6 is 11.6 Å². The van der Waals surface area contributed by atoms with Crippen molar-refractivity contribution >= 4 is 33.0 Å². The normalized spacial score (nSPS) is 14.2. The zero-order valence-corrected chi connectivity index (χ0v) is 13.5.